The van der Waals surface area contributed by atoms with Gasteiger partial charge in [0.15, 0.2) is 0 Å². The van der Waals surface area contributed by atoms with E-state index in [1.807, 2.05) is 24.3 Å². The van der Waals surface area contributed by atoms with Crippen molar-refractivity contribution >= 4 is 26.0 Å². The molecule has 1 aliphatic heterocycles. The monoisotopic (exact) mass is 385 g/mol. The molecule has 3 rings (SSSR count). The average Bonchev–Trinajstić information content (AvgIpc) is 2.97. The fraction of sp³-hybridized carbons (Fsp3) is 0.429. The summed E-state index contributed by atoms with van der Waals surface area (Å²) >= 11 is 3.39. The van der Waals surface area contributed by atoms with E-state index in [4.69, 9.17) is 4.52 Å². The van der Waals surface area contributed by atoms with Crippen LogP contribution in [0.1, 0.15) is 24.7 Å². The van der Waals surface area contributed by atoms with E-state index in [0.717, 1.165) is 10.0 Å². The summed E-state index contributed by atoms with van der Waals surface area (Å²) in [4.78, 5) is 4.46. The zero-order valence-electron chi connectivity index (χ0n) is 12.1. The number of aromatic nitrogens is 2. The number of halogens is 1. The Bertz CT molecular complexity index is 750. The molecule has 0 N–H and O–H groups in total. The highest BCUT2D eigenvalue weighted by atomic mass is 79.9. The molecular weight excluding hydrogens is 370 g/mol. The average molecular weight is 386 g/mol. The highest BCUT2D eigenvalue weighted by Gasteiger charge is 2.29. The summed E-state index contributed by atoms with van der Waals surface area (Å²) in [5, 5.41) is 4.03. The first kappa shape index (κ1) is 15.6. The van der Waals surface area contributed by atoms with Crippen LogP contribution in [0.3, 0.4) is 0 Å². The minimum Gasteiger partial charge on any atom is -0.339 e. The molecule has 1 fully saturated rings. The van der Waals surface area contributed by atoms with Crippen molar-refractivity contribution in [3.05, 3.63) is 34.6 Å². The molecule has 1 aromatic carbocycles. The molecule has 2 aromatic rings. The molecule has 0 atom stereocenters. The molecule has 0 radical (unpaired) electrons. The quantitative estimate of drug-likeness (QED) is 0.811. The number of hydrogen-bond acceptors (Lipinski definition) is 5. The molecule has 118 valence electrons. The molecule has 0 saturated carbocycles. The van der Waals surface area contributed by atoms with Gasteiger partial charge in [0.05, 0.1) is 6.26 Å². The lowest BCUT2D eigenvalue weighted by Crippen LogP contribution is -2.37. The molecular formula is C14H16BrN3O3S. The fourth-order valence-corrected chi connectivity index (χ4v) is 3.69. The Kier molecular flexibility index (Phi) is 4.33. The second-order valence-electron chi connectivity index (χ2n) is 5.40. The van der Waals surface area contributed by atoms with Crippen LogP contribution in [0, 0.1) is 0 Å². The van der Waals surface area contributed by atoms with Crippen molar-refractivity contribution in [3.8, 4) is 11.4 Å². The Morgan fingerprint density at radius 1 is 1.23 bits per heavy atom. The van der Waals surface area contributed by atoms with Gasteiger partial charge in [-0.15, -0.1) is 0 Å². The number of rotatable bonds is 3. The van der Waals surface area contributed by atoms with Crippen LogP contribution >= 0.6 is 15.9 Å². The number of nitrogens with zero attached hydrogens (tertiary/aromatic N) is 3. The lowest BCUT2D eigenvalue weighted by molar-refractivity contribution is 0.271. The van der Waals surface area contributed by atoms with Crippen molar-refractivity contribution in [2.24, 2.45) is 0 Å². The van der Waals surface area contributed by atoms with Gasteiger partial charge in [-0.1, -0.05) is 21.1 Å². The van der Waals surface area contributed by atoms with Crippen LogP contribution in [0.2, 0.25) is 0 Å². The maximum absolute atomic E-state index is 11.5. The van der Waals surface area contributed by atoms with Gasteiger partial charge < -0.3 is 4.52 Å². The molecule has 1 aliphatic rings. The Hall–Kier alpha value is -1.25. The molecule has 22 heavy (non-hydrogen) atoms. The maximum atomic E-state index is 11.5. The Labute approximate surface area is 137 Å². The van der Waals surface area contributed by atoms with Crippen molar-refractivity contribution in [1.29, 1.82) is 0 Å². The summed E-state index contributed by atoms with van der Waals surface area (Å²) < 4.78 is 30.9. The van der Waals surface area contributed by atoms with Gasteiger partial charge in [0.2, 0.25) is 21.7 Å². The lowest BCUT2D eigenvalue weighted by atomic mass is 9.98. The SMILES string of the molecule is CS(=O)(=O)N1CCC(c2nc(-c3ccc(Br)cc3)no2)CC1. The van der Waals surface area contributed by atoms with Gasteiger partial charge >= 0.3 is 0 Å². The molecule has 1 saturated heterocycles. The second-order valence-corrected chi connectivity index (χ2v) is 8.30. The largest absolute Gasteiger partial charge is 0.339 e. The standard InChI is InChI=1S/C14H16BrN3O3S/c1-22(19,20)18-8-6-11(7-9-18)14-16-13(17-21-14)10-2-4-12(15)5-3-10/h2-5,11H,6-9H2,1H3. The van der Waals surface area contributed by atoms with Crippen molar-refractivity contribution in [1.82, 2.24) is 14.4 Å². The van der Waals surface area contributed by atoms with Gasteiger partial charge in [-0.2, -0.15) is 4.98 Å². The third-order valence-corrected chi connectivity index (χ3v) is 5.65. The smallest absolute Gasteiger partial charge is 0.230 e. The first-order chi connectivity index (χ1) is 10.4. The fourth-order valence-electron chi connectivity index (χ4n) is 2.55. The van der Waals surface area contributed by atoms with Crippen LogP contribution in [0.15, 0.2) is 33.3 Å². The molecule has 6 nitrogen and oxygen atoms in total. The van der Waals surface area contributed by atoms with Gasteiger partial charge in [-0.3, -0.25) is 0 Å². The highest BCUT2D eigenvalue weighted by molar-refractivity contribution is 9.10. The summed E-state index contributed by atoms with van der Waals surface area (Å²) in [6.07, 6.45) is 2.65. The summed E-state index contributed by atoms with van der Waals surface area (Å²) in [5.41, 5.74) is 0.895. The Balaban J connectivity index is 1.71. The van der Waals surface area contributed by atoms with Crippen LogP contribution in [-0.2, 0) is 10.0 Å². The topological polar surface area (TPSA) is 76.3 Å². The second kappa shape index (κ2) is 6.10. The lowest BCUT2D eigenvalue weighted by Gasteiger charge is -2.28. The summed E-state index contributed by atoms with van der Waals surface area (Å²) in [5.74, 6) is 1.27. The van der Waals surface area contributed by atoms with Gasteiger partial charge in [0.1, 0.15) is 0 Å². The van der Waals surface area contributed by atoms with Crippen LogP contribution in [0.25, 0.3) is 11.4 Å². The van der Waals surface area contributed by atoms with E-state index in [9.17, 15) is 8.42 Å². The van der Waals surface area contributed by atoms with E-state index in [1.165, 1.54) is 10.6 Å². The van der Waals surface area contributed by atoms with E-state index in [0.29, 0.717) is 37.6 Å². The predicted molar refractivity (Wildman–Crippen MR) is 85.8 cm³/mol. The Morgan fingerprint density at radius 3 is 2.45 bits per heavy atom. The summed E-state index contributed by atoms with van der Waals surface area (Å²) in [6.45, 7) is 0.999. The van der Waals surface area contributed by atoms with Crippen molar-refractivity contribution in [2.45, 2.75) is 18.8 Å². The molecule has 8 heteroatoms. The molecule has 0 amide bonds. The predicted octanol–water partition coefficient (Wildman–Crippen LogP) is 2.64. The number of hydrogen-bond donors (Lipinski definition) is 0. The van der Waals surface area contributed by atoms with E-state index in [-0.39, 0.29) is 5.92 Å². The zero-order valence-corrected chi connectivity index (χ0v) is 14.5. The minimum atomic E-state index is -3.11. The van der Waals surface area contributed by atoms with Gasteiger partial charge in [0, 0.05) is 29.0 Å². The first-order valence-corrected chi connectivity index (χ1v) is 9.62. The molecule has 0 spiro atoms. The molecule has 0 aliphatic carbocycles. The molecule has 1 aromatic heterocycles. The molecule has 2 heterocycles. The van der Waals surface area contributed by atoms with E-state index in [2.05, 4.69) is 26.1 Å². The third-order valence-electron chi connectivity index (χ3n) is 3.82. The normalized spacial score (nSPS) is 17.7. The van der Waals surface area contributed by atoms with Crippen LogP contribution < -0.4 is 0 Å². The number of sulfonamides is 1. The number of piperidine rings is 1. The first-order valence-electron chi connectivity index (χ1n) is 6.98. The maximum Gasteiger partial charge on any atom is 0.230 e. The number of benzene rings is 1. The van der Waals surface area contributed by atoms with Gasteiger partial charge in [0.25, 0.3) is 0 Å². The minimum absolute atomic E-state index is 0.120. The van der Waals surface area contributed by atoms with E-state index < -0.39 is 10.0 Å². The van der Waals surface area contributed by atoms with Crippen molar-refractivity contribution in [3.63, 3.8) is 0 Å². The van der Waals surface area contributed by atoms with Crippen molar-refractivity contribution < 1.29 is 12.9 Å². The van der Waals surface area contributed by atoms with Crippen LogP contribution in [-0.4, -0.2) is 42.2 Å². The molecule has 0 bridgehead atoms. The zero-order chi connectivity index (χ0) is 15.7. The summed E-state index contributed by atoms with van der Waals surface area (Å²) in [7, 11) is -3.11. The van der Waals surface area contributed by atoms with E-state index >= 15 is 0 Å². The van der Waals surface area contributed by atoms with Gasteiger partial charge in [-0.25, -0.2) is 12.7 Å². The third kappa shape index (κ3) is 3.39. The molecule has 0 unspecified atom stereocenters. The van der Waals surface area contributed by atoms with Crippen molar-refractivity contribution in [2.75, 3.05) is 19.3 Å². The van der Waals surface area contributed by atoms with E-state index in [1.54, 1.807) is 0 Å². The highest BCUT2D eigenvalue weighted by Crippen LogP contribution is 2.29. The van der Waals surface area contributed by atoms with Gasteiger partial charge in [-0.05, 0) is 37.1 Å². The summed E-state index contributed by atoms with van der Waals surface area (Å²) in [6, 6.07) is 7.70. The van der Waals surface area contributed by atoms with Crippen LogP contribution in [0.4, 0.5) is 0 Å². The Morgan fingerprint density at radius 2 is 1.86 bits per heavy atom. The van der Waals surface area contributed by atoms with Crippen LogP contribution in [0.5, 0.6) is 0 Å².